The molecule has 0 saturated heterocycles. The second-order valence-electron chi connectivity index (χ2n) is 3.65. The minimum Gasteiger partial charge on any atom is -0.504 e. The number of hydrogen-bond acceptors (Lipinski definition) is 2. The standard InChI is InChI=1S/C14H11O3/c15-12-6-3-10(4-7-12)1-2-11-5-8-13(16)14(17)9-11/h1-9,16-17H/b2-1+. The largest absolute Gasteiger partial charge is 0.504 e. The third kappa shape index (κ3) is 2.78. The van der Waals surface area contributed by atoms with Crippen molar-refractivity contribution in [1.82, 2.24) is 0 Å². The van der Waals surface area contributed by atoms with Gasteiger partial charge in [-0.1, -0.05) is 30.4 Å². The molecule has 0 atom stereocenters. The highest BCUT2D eigenvalue weighted by atomic mass is 16.3. The zero-order valence-electron chi connectivity index (χ0n) is 9.00. The predicted molar refractivity (Wildman–Crippen MR) is 65.3 cm³/mol. The Hall–Kier alpha value is -2.42. The fraction of sp³-hybridized carbons (Fsp3) is 0. The van der Waals surface area contributed by atoms with E-state index in [1.54, 1.807) is 24.3 Å². The van der Waals surface area contributed by atoms with Gasteiger partial charge in [0.2, 0.25) is 0 Å². The van der Waals surface area contributed by atoms with Crippen LogP contribution in [0.5, 0.6) is 17.2 Å². The number of rotatable bonds is 2. The first-order chi connectivity index (χ1) is 8.15. The second-order valence-corrected chi connectivity index (χ2v) is 3.65. The molecule has 17 heavy (non-hydrogen) atoms. The summed E-state index contributed by atoms with van der Waals surface area (Å²) in [7, 11) is 0. The lowest BCUT2D eigenvalue weighted by atomic mass is 10.1. The highest BCUT2D eigenvalue weighted by Crippen LogP contribution is 2.25. The number of aromatic hydroxyl groups is 2. The van der Waals surface area contributed by atoms with Gasteiger partial charge >= 0.3 is 0 Å². The molecule has 1 radical (unpaired) electrons. The van der Waals surface area contributed by atoms with Crippen LogP contribution in [0.1, 0.15) is 11.1 Å². The maximum absolute atomic E-state index is 10.9. The maximum atomic E-state index is 10.9. The van der Waals surface area contributed by atoms with Crippen molar-refractivity contribution in [1.29, 1.82) is 0 Å². The van der Waals surface area contributed by atoms with Crippen LogP contribution in [0.25, 0.3) is 12.2 Å². The van der Waals surface area contributed by atoms with Crippen LogP contribution in [-0.4, -0.2) is 10.2 Å². The highest BCUT2D eigenvalue weighted by Gasteiger charge is 1.97. The summed E-state index contributed by atoms with van der Waals surface area (Å²) in [6.07, 6.45) is 3.62. The van der Waals surface area contributed by atoms with Crippen LogP contribution >= 0.6 is 0 Å². The molecule has 2 aromatic carbocycles. The van der Waals surface area contributed by atoms with Gasteiger partial charge in [0, 0.05) is 0 Å². The number of phenolic OH excluding ortho intramolecular Hbond substituents is 2. The van der Waals surface area contributed by atoms with E-state index >= 15 is 0 Å². The van der Waals surface area contributed by atoms with Crippen LogP contribution in [-0.2, 0) is 5.11 Å². The van der Waals surface area contributed by atoms with Crippen molar-refractivity contribution in [2.75, 3.05) is 0 Å². The predicted octanol–water partition coefficient (Wildman–Crippen LogP) is 3.41. The van der Waals surface area contributed by atoms with Gasteiger partial charge in [0.05, 0.1) is 0 Å². The van der Waals surface area contributed by atoms with Gasteiger partial charge in [-0.05, 0) is 35.4 Å². The Balaban J connectivity index is 2.20. The molecule has 3 nitrogen and oxygen atoms in total. The van der Waals surface area contributed by atoms with Crippen LogP contribution < -0.4 is 0 Å². The van der Waals surface area contributed by atoms with Crippen molar-refractivity contribution < 1.29 is 15.3 Å². The van der Waals surface area contributed by atoms with Gasteiger partial charge < -0.3 is 10.2 Å². The van der Waals surface area contributed by atoms with E-state index in [2.05, 4.69) is 0 Å². The van der Waals surface area contributed by atoms with Gasteiger partial charge in [-0.3, -0.25) is 5.11 Å². The van der Waals surface area contributed by atoms with Crippen molar-refractivity contribution >= 4 is 12.2 Å². The van der Waals surface area contributed by atoms with Gasteiger partial charge in [0.1, 0.15) is 0 Å². The Morgan fingerprint density at radius 2 is 1.35 bits per heavy atom. The van der Waals surface area contributed by atoms with E-state index in [4.69, 9.17) is 5.11 Å². The molecule has 0 aliphatic rings. The molecule has 0 fully saturated rings. The van der Waals surface area contributed by atoms with Gasteiger partial charge in [-0.2, -0.15) is 0 Å². The molecule has 85 valence electrons. The Morgan fingerprint density at radius 3 is 2.00 bits per heavy atom. The zero-order chi connectivity index (χ0) is 12.3. The molecular weight excluding hydrogens is 216 g/mol. The summed E-state index contributed by atoms with van der Waals surface area (Å²) in [4.78, 5) is 0. The smallest absolute Gasteiger partial charge is 0.178 e. The molecule has 0 amide bonds. The summed E-state index contributed by atoms with van der Waals surface area (Å²) in [5.74, 6) is -0.315. The molecule has 2 rings (SSSR count). The van der Waals surface area contributed by atoms with Crippen molar-refractivity contribution in [2.45, 2.75) is 0 Å². The molecule has 0 bridgehead atoms. The molecule has 0 aromatic heterocycles. The Bertz CT molecular complexity index is 542. The summed E-state index contributed by atoms with van der Waals surface area (Å²) in [6, 6.07) is 11.0. The quantitative estimate of drug-likeness (QED) is 0.610. The Kier molecular flexibility index (Phi) is 3.01. The lowest BCUT2D eigenvalue weighted by Crippen LogP contribution is -1.74. The third-order valence-corrected chi connectivity index (χ3v) is 2.35. The van der Waals surface area contributed by atoms with Crippen molar-refractivity contribution in [2.24, 2.45) is 0 Å². The first-order valence-electron chi connectivity index (χ1n) is 5.12. The van der Waals surface area contributed by atoms with Crippen LogP contribution in [0.4, 0.5) is 0 Å². The molecule has 0 heterocycles. The SMILES string of the molecule is [O]c1ccc(/C=C/c2ccc(O)c(O)c2)cc1. The summed E-state index contributed by atoms with van der Waals surface area (Å²) in [6.45, 7) is 0. The lowest BCUT2D eigenvalue weighted by molar-refractivity contribution is 0.355. The Labute approximate surface area is 98.9 Å². The van der Waals surface area contributed by atoms with Crippen LogP contribution in [0.2, 0.25) is 0 Å². The minimum atomic E-state index is -0.151. The molecule has 0 saturated carbocycles. The second kappa shape index (κ2) is 4.61. The first kappa shape index (κ1) is 11.1. The molecule has 0 spiro atoms. The monoisotopic (exact) mass is 227 g/mol. The molecule has 2 N–H and O–H groups in total. The van der Waals surface area contributed by atoms with E-state index in [9.17, 15) is 10.2 Å². The number of hydrogen-bond donors (Lipinski definition) is 2. The van der Waals surface area contributed by atoms with E-state index < -0.39 is 0 Å². The van der Waals surface area contributed by atoms with Gasteiger partial charge in [-0.15, -0.1) is 0 Å². The van der Waals surface area contributed by atoms with E-state index in [-0.39, 0.29) is 17.2 Å². The number of phenols is 2. The normalized spacial score (nSPS) is 10.8. The molecule has 0 unspecified atom stereocenters. The fourth-order valence-corrected chi connectivity index (χ4v) is 1.42. The summed E-state index contributed by atoms with van der Waals surface area (Å²) < 4.78 is 0. The maximum Gasteiger partial charge on any atom is 0.178 e. The molecule has 2 aromatic rings. The average Bonchev–Trinajstić information content (AvgIpc) is 2.33. The molecular formula is C14H11O3. The lowest BCUT2D eigenvalue weighted by Gasteiger charge is -1.98. The Morgan fingerprint density at radius 1 is 0.765 bits per heavy atom. The third-order valence-electron chi connectivity index (χ3n) is 2.35. The van der Waals surface area contributed by atoms with Crippen molar-refractivity contribution in [3.05, 3.63) is 53.6 Å². The van der Waals surface area contributed by atoms with Gasteiger partial charge in [0.15, 0.2) is 17.2 Å². The van der Waals surface area contributed by atoms with Gasteiger partial charge in [0.25, 0.3) is 0 Å². The van der Waals surface area contributed by atoms with Gasteiger partial charge in [-0.25, -0.2) is 0 Å². The minimum absolute atomic E-state index is 0.0237. The fourth-order valence-electron chi connectivity index (χ4n) is 1.42. The summed E-state index contributed by atoms with van der Waals surface area (Å²) in [5, 5.41) is 29.4. The van der Waals surface area contributed by atoms with Crippen LogP contribution in [0, 0.1) is 0 Å². The zero-order valence-corrected chi connectivity index (χ0v) is 9.00. The molecule has 0 aliphatic heterocycles. The first-order valence-corrected chi connectivity index (χ1v) is 5.12. The van der Waals surface area contributed by atoms with Crippen LogP contribution in [0.15, 0.2) is 42.5 Å². The van der Waals surface area contributed by atoms with E-state index in [1.165, 1.54) is 24.3 Å². The topological polar surface area (TPSA) is 60.4 Å². The average molecular weight is 227 g/mol. The molecule has 0 aliphatic carbocycles. The summed E-state index contributed by atoms with van der Waals surface area (Å²) >= 11 is 0. The van der Waals surface area contributed by atoms with Crippen molar-refractivity contribution in [3.63, 3.8) is 0 Å². The summed E-state index contributed by atoms with van der Waals surface area (Å²) in [5.41, 5.74) is 1.67. The number of benzene rings is 2. The van der Waals surface area contributed by atoms with E-state index in [0.717, 1.165) is 11.1 Å². The van der Waals surface area contributed by atoms with E-state index in [0.29, 0.717) is 0 Å². The highest BCUT2D eigenvalue weighted by molar-refractivity contribution is 5.70. The molecule has 3 heteroatoms. The van der Waals surface area contributed by atoms with E-state index in [1.807, 2.05) is 6.08 Å². The van der Waals surface area contributed by atoms with Crippen LogP contribution in [0.3, 0.4) is 0 Å². The van der Waals surface area contributed by atoms with Crippen molar-refractivity contribution in [3.8, 4) is 17.2 Å².